The van der Waals surface area contributed by atoms with Crippen LogP contribution >= 0.6 is 11.6 Å². The van der Waals surface area contributed by atoms with Crippen molar-refractivity contribution in [3.05, 3.63) is 82.6 Å². The SMILES string of the molecule is CN(C[C@H](O)c1ccccc1)C(=O)c1cn(Cc2ccc(Cl)cc2)nn1. The van der Waals surface area contributed by atoms with E-state index >= 15 is 0 Å². The van der Waals surface area contributed by atoms with E-state index in [0.717, 1.165) is 11.1 Å². The molecule has 1 amide bonds. The Kier molecular flexibility index (Phi) is 5.65. The van der Waals surface area contributed by atoms with Crippen LogP contribution in [0, 0.1) is 0 Å². The molecule has 1 aromatic heterocycles. The first-order valence-corrected chi connectivity index (χ1v) is 8.54. The molecule has 0 aliphatic heterocycles. The Bertz CT molecular complexity index is 865. The van der Waals surface area contributed by atoms with Crippen LogP contribution in [0.5, 0.6) is 0 Å². The molecule has 3 aromatic rings. The highest BCUT2D eigenvalue weighted by Crippen LogP contribution is 2.14. The number of amides is 1. The molecule has 26 heavy (non-hydrogen) atoms. The van der Waals surface area contributed by atoms with E-state index in [0.29, 0.717) is 11.6 Å². The number of carbonyl (C=O) groups is 1. The molecule has 0 radical (unpaired) electrons. The Morgan fingerprint density at radius 2 is 1.88 bits per heavy atom. The minimum absolute atomic E-state index is 0.174. The van der Waals surface area contributed by atoms with E-state index < -0.39 is 6.10 Å². The molecule has 2 aromatic carbocycles. The molecule has 1 heterocycles. The predicted octanol–water partition coefficient (Wildman–Crippen LogP) is 2.79. The summed E-state index contributed by atoms with van der Waals surface area (Å²) in [6, 6.07) is 16.6. The molecule has 1 N–H and O–H groups in total. The Morgan fingerprint density at radius 3 is 2.58 bits per heavy atom. The van der Waals surface area contributed by atoms with Gasteiger partial charge in [0.15, 0.2) is 5.69 Å². The van der Waals surface area contributed by atoms with Crippen LogP contribution in [0.2, 0.25) is 5.02 Å². The lowest BCUT2D eigenvalue weighted by atomic mass is 10.1. The maximum Gasteiger partial charge on any atom is 0.275 e. The molecule has 3 rings (SSSR count). The van der Waals surface area contributed by atoms with Gasteiger partial charge in [-0.15, -0.1) is 5.10 Å². The Hall–Kier alpha value is -2.70. The van der Waals surface area contributed by atoms with Crippen LogP contribution in [-0.4, -0.2) is 44.5 Å². The van der Waals surface area contributed by atoms with E-state index in [1.54, 1.807) is 30.1 Å². The Labute approximate surface area is 156 Å². The van der Waals surface area contributed by atoms with Crippen LogP contribution in [0.25, 0.3) is 0 Å². The zero-order valence-electron chi connectivity index (χ0n) is 14.3. The minimum Gasteiger partial charge on any atom is -0.387 e. The summed E-state index contributed by atoms with van der Waals surface area (Å²) in [7, 11) is 1.63. The van der Waals surface area contributed by atoms with Crippen molar-refractivity contribution in [3.8, 4) is 0 Å². The van der Waals surface area contributed by atoms with Crippen molar-refractivity contribution in [3.63, 3.8) is 0 Å². The normalized spacial score (nSPS) is 12.0. The number of hydrogen-bond acceptors (Lipinski definition) is 4. The molecule has 0 saturated carbocycles. The molecule has 0 aliphatic rings. The number of hydrogen-bond donors (Lipinski definition) is 1. The monoisotopic (exact) mass is 370 g/mol. The summed E-state index contributed by atoms with van der Waals surface area (Å²) in [5.74, 6) is -0.290. The van der Waals surface area contributed by atoms with Crippen molar-refractivity contribution >= 4 is 17.5 Å². The first-order chi connectivity index (χ1) is 12.5. The molecule has 0 unspecified atom stereocenters. The van der Waals surface area contributed by atoms with Crippen LogP contribution in [0.1, 0.15) is 27.7 Å². The van der Waals surface area contributed by atoms with Gasteiger partial charge in [0, 0.05) is 12.1 Å². The van der Waals surface area contributed by atoms with Crippen LogP contribution in [0.3, 0.4) is 0 Å². The summed E-state index contributed by atoms with van der Waals surface area (Å²) >= 11 is 5.88. The molecule has 0 bridgehead atoms. The number of likely N-dealkylation sites (N-methyl/N-ethyl adjacent to an activating group) is 1. The van der Waals surface area contributed by atoms with E-state index in [1.807, 2.05) is 42.5 Å². The van der Waals surface area contributed by atoms with Crippen LogP contribution in [-0.2, 0) is 6.54 Å². The van der Waals surface area contributed by atoms with Crippen molar-refractivity contribution in [2.24, 2.45) is 0 Å². The fourth-order valence-corrected chi connectivity index (χ4v) is 2.70. The van der Waals surface area contributed by atoms with Gasteiger partial charge in [-0.2, -0.15) is 0 Å². The fourth-order valence-electron chi connectivity index (χ4n) is 2.57. The first-order valence-electron chi connectivity index (χ1n) is 8.16. The van der Waals surface area contributed by atoms with E-state index in [1.165, 1.54) is 4.90 Å². The second-order valence-electron chi connectivity index (χ2n) is 6.04. The summed E-state index contributed by atoms with van der Waals surface area (Å²) in [5, 5.41) is 18.9. The lowest BCUT2D eigenvalue weighted by Crippen LogP contribution is -2.31. The standard InChI is InChI=1S/C19H19ClN4O2/c1-23(13-18(25)15-5-3-2-4-6-15)19(26)17-12-24(22-21-17)11-14-7-9-16(20)10-8-14/h2-10,12,18,25H,11,13H2,1H3/t18-/m0/s1. The van der Waals surface area contributed by atoms with E-state index in [4.69, 9.17) is 11.6 Å². The van der Waals surface area contributed by atoms with Gasteiger partial charge in [-0.1, -0.05) is 59.3 Å². The highest BCUT2D eigenvalue weighted by atomic mass is 35.5. The molecular weight excluding hydrogens is 352 g/mol. The van der Waals surface area contributed by atoms with Crippen LogP contribution in [0.4, 0.5) is 0 Å². The summed E-state index contributed by atoms with van der Waals surface area (Å²) in [6.07, 6.45) is 0.844. The zero-order chi connectivity index (χ0) is 18.5. The van der Waals surface area contributed by atoms with Gasteiger partial charge in [-0.3, -0.25) is 4.79 Å². The number of carbonyl (C=O) groups excluding carboxylic acids is 1. The van der Waals surface area contributed by atoms with Gasteiger partial charge < -0.3 is 10.0 Å². The third kappa shape index (κ3) is 4.47. The first kappa shape index (κ1) is 18.1. The maximum atomic E-state index is 12.5. The van der Waals surface area contributed by atoms with Gasteiger partial charge in [-0.05, 0) is 23.3 Å². The molecular formula is C19H19ClN4O2. The van der Waals surface area contributed by atoms with E-state index in [9.17, 15) is 9.90 Å². The van der Waals surface area contributed by atoms with Gasteiger partial charge in [0.2, 0.25) is 0 Å². The third-order valence-electron chi connectivity index (χ3n) is 3.99. The number of aromatic nitrogens is 3. The Morgan fingerprint density at radius 1 is 1.19 bits per heavy atom. The van der Waals surface area contributed by atoms with Gasteiger partial charge in [0.05, 0.1) is 25.4 Å². The molecule has 0 saturated heterocycles. The van der Waals surface area contributed by atoms with Crippen LogP contribution in [0.15, 0.2) is 60.8 Å². The van der Waals surface area contributed by atoms with E-state index in [2.05, 4.69) is 10.3 Å². The Balaban J connectivity index is 1.62. The molecule has 0 fully saturated rings. The molecule has 0 spiro atoms. The number of nitrogens with zero attached hydrogens (tertiary/aromatic N) is 4. The van der Waals surface area contributed by atoms with Crippen molar-refractivity contribution in [1.82, 2.24) is 19.9 Å². The summed E-state index contributed by atoms with van der Waals surface area (Å²) in [5.41, 5.74) is 2.01. The highest BCUT2D eigenvalue weighted by Gasteiger charge is 2.19. The highest BCUT2D eigenvalue weighted by molar-refractivity contribution is 6.30. The topological polar surface area (TPSA) is 71.2 Å². The van der Waals surface area contributed by atoms with Gasteiger partial charge >= 0.3 is 0 Å². The molecule has 134 valence electrons. The largest absolute Gasteiger partial charge is 0.387 e. The minimum atomic E-state index is -0.755. The van der Waals surface area contributed by atoms with Crippen LogP contribution < -0.4 is 0 Å². The average molecular weight is 371 g/mol. The van der Waals surface area contributed by atoms with Crippen molar-refractivity contribution in [2.75, 3.05) is 13.6 Å². The maximum absolute atomic E-state index is 12.5. The van der Waals surface area contributed by atoms with Crippen molar-refractivity contribution in [2.45, 2.75) is 12.6 Å². The third-order valence-corrected chi connectivity index (χ3v) is 4.25. The lowest BCUT2D eigenvalue weighted by Gasteiger charge is -2.20. The molecule has 7 heteroatoms. The zero-order valence-corrected chi connectivity index (χ0v) is 15.0. The summed E-state index contributed by atoms with van der Waals surface area (Å²) in [6.45, 7) is 0.667. The second-order valence-corrected chi connectivity index (χ2v) is 6.48. The van der Waals surface area contributed by atoms with E-state index in [-0.39, 0.29) is 18.1 Å². The number of rotatable bonds is 6. The number of benzene rings is 2. The van der Waals surface area contributed by atoms with Crippen molar-refractivity contribution < 1.29 is 9.90 Å². The number of aliphatic hydroxyl groups excluding tert-OH is 1. The summed E-state index contributed by atoms with van der Waals surface area (Å²) < 4.78 is 1.60. The molecule has 1 atom stereocenters. The second kappa shape index (κ2) is 8.12. The van der Waals surface area contributed by atoms with Gasteiger partial charge in [0.1, 0.15) is 0 Å². The number of aliphatic hydroxyl groups is 1. The quantitative estimate of drug-likeness (QED) is 0.724. The number of halogens is 1. The predicted molar refractivity (Wildman–Crippen MR) is 98.9 cm³/mol. The lowest BCUT2D eigenvalue weighted by molar-refractivity contribution is 0.0675. The molecule has 0 aliphatic carbocycles. The van der Waals surface area contributed by atoms with Crippen molar-refractivity contribution in [1.29, 1.82) is 0 Å². The smallest absolute Gasteiger partial charge is 0.275 e. The summed E-state index contributed by atoms with van der Waals surface area (Å²) in [4.78, 5) is 13.9. The van der Waals surface area contributed by atoms with Gasteiger partial charge in [0.25, 0.3) is 5.91 Å². The fraction of sp³-hybridized carbons (Fsp3) is 0.211. The molecule has 6 nitrogen and oxygen atoms in total. The average Bonchev–Trinajstić information content (AvgIpc) is 3.12. The van der Waals surface area contributed by atoms with Gasteiger partial charge in [-0.25, -0.2) is 4.68 Å².